The van der Waals surface area contributed by atoms with E-state index in [0.717, 1.165) is 24.1 Å². The Morgan fingerprint density at radius 3 is 2.70 bits per heavy atom. The fourth-order valence-corrected chi connectivity index (χ4v) is 2.54. The fraction of sp³-hybridized carbons (Fsp3) is 0.529. The van der Waals surface area contributed by atoms with E-state index in [2.05, 4.69) is 0 Å². The van der Waals surface area contributed by atoms with Gasteiger partial charge in [-0.3, -0.25) is 4.79 Å². The second-order valence-corrected chi connectivity index (χ2v) is 6.87. The lowest BCUT2D eigenvalue weighted by Crippen LogP contribution is -2.44. The number of hydrogen-bond donors (Lipinski definition) is 1. The Hall–Kier alpha value is -2.24. The maximum atomic E-state index is 12.6. The lowest BCUT2D eigenvalue weighted by Gasteiger charge is -2.31. The molecule has 0 atom stereocenters. The van der Waals surface area contributed by atoms with Gasteiger partial charge in [-0.05, 0) is 51.3 Å². The number of fused-ring (bicyclic) bond motifs is 1. The number of carbonyl (C=O) groups excluding carboxylic acids is 2. The predicted octanol–water partition coefficient (Wildman–Crippen LogP) is 2.41. The number of amides is 2. The highest BCUT2D eigenvalue weighted by Gasteiger charge is 2.26. The molecule has 0 spiro atoms. The van der Waals surface area contributed by atoms with Crippen LogP contribution >= 0.6 is 0 Å². The molecule has 0 saturated carbocycles. The minimum Gasteiger partial charge on any atom is -0.444 e. The van der Waals surface area contributed by atoms with Gasteiger partial charge >= 0.3 is 6.09 Å². The molecule has 6 nitrogen and oxygen atoms in total. The molecule has 0 bridgehead atoms. The first-order valence-electron chi connectivity index (χ1n) is 7.80. The summed E-state index contributed by atoms with van der Waals surface area (Å²) >= 11 is 0. The van der Waals surface area contributed by atoms with Gasteiger partial charge in [-0.1, -0.05) is 6.07 Å². The van der Waals surface area contributed by atoms with Crippen LogP contribution in [-0.4, -0.2) is 42.6 Å². The van der Waals surface area contributed by atoms with Crippen molar-refractivity contribution >= 4 is 23.4 Å². The number of nitrogens with zero attached hydrogens (tertiary/aromatic N) is 2. The Labute approximate surface area is 137 Å². The minimum absolute atomic E-state index is 0.0247. The number of ether oxygens (including phenoxy) is 1. The van der Waals surface area contributed by atoms with E-state index in [1.165, 1.54) is 4.90 Å². The second kappa shape index (κ2) is 6.48. The molecule has 23 heavy (non-hydrogen) atoms. The van der Waals surface area contributed by atoms with Crippen LogP contribution in [0.15, 0.2) is 18.2 Å². The number of hydrogen-bond acceptors (Lipinski definition) is 4. The van der Waals surface area contributed by atoms with Crippen LogP contribution in [0.4, 0.5) is 16.2 Å². The minimum atomic E-state index is -0.583. The van der Waals surface area contributed by atoms with E-state index in [1.54, 1.807) is 32.7 Å². The monoisotopic (exact) mass is 319 g/mol. The molecule has 2 amide bonds. The van der Waals surface area contributed by atoms with Crippen LogP contribution in [0.1, 0.15) is 32.8 Å². The molecule has 0 aromatic heterocycles. The molecule has 126 valence electrons. The standard InChI is InChI=1S/C17H25N3O3/c1-17(2,3)23-16(22)19(4)11-15(21)20-9-5-6-12-7-8-13(18)10-14(12)20/h7-8,10H,5-6,9,11,18H2,1-4H3. The summed E-state index contributed by atoms with van der Waals surface area (Å²) in [4.78, 5) is 27.6. The van der Waals surface area contributed by atoms with Crippen LogP contribution in [0.5, 0.6) is 0 Å². The first-order valence-corrected chi connectivity index (χ1v) is 7.80. The van der Waals surface area contributed by atoms with Crippen LogP contribution < -0.4 is 10.6 Å². The number of nitrogens with two attached hydrogens (primary N) is 1. The van der Waals surface area contributed by atoms with Gasteiger partial charge in [-0.15, -0.1) is 0 Å². The van der Waals surface area contributed by atoms with Crippen LogP contribution in [0.2, 0.25) is 0 Å². The molecule has 2 N–H and O–H groups in total. The summed E-state index contributed by atoms with van der Waals surface area (Å²) in [5.41, 5.74) is 7.84. The van der Waals surface area contributed by atoms with Gasteiger partial charge in [0.25, 0.3) is 0 Å². The van der Waals surface area contributed by atoms with E-state index in [4.69, 9.17) is 10.5 Å². The highest BCUT2D eigenvalue weighted by Crippen LogP contribution is 2.29. The summed E-state index contributed by atoms with van der Waals surface area (Å²) in [6.45, 7) is 6.00. The van der Waals surface area contributed by atoms with Crippen molar-refractivity contribution in [2.45, 2.75) is 39.2 Å². The van der Waals surface area contributed by atoms with E-state index in [9.17, 15) is 9.59 Å². The molecule has 0 unspecified atom stereocenters. The van der Waals surface area contributed by atoms with Gasteiger partial charge < -0.3 is 20.3 Å². The van der Waals surface area contributed by atoms with Gasteiger partial charge in [0.05, 0.1) is 0 Å². The Bertz CT molecular complexity index is 608. The smallest absolute Gasteiger partial charge is 0.410 e. The van der Waals surface area contributed by atoms with E-state index in [-0.39, 0.29) is 12.5 Å². The van der Waals surface area contributed by atoms with Gasteiger partial charge in [0, 0.05) is 25.0 Å². The van der Waals surface area contributed by atoms with Crippen LogP contribution in [0, 0.1) is 0 Å². The maximum absolute atomic E-state index is 12.6. The molecule has 2 rings (SSSR count). The summed E-state index contributed by atoms with van der Waals surface area (Å²) in [5.74, 6) is -0.134. The quantitative estimate of drug-likeness (QED) is 0.849. The van der Waals surface area contributed by atoms with Crippen molar-refractivity contribution in [3.63, 3.8) is 0 Å². The van der Waals surface area contributed by atoms with Crippen LogP contribution in [0.3, 0.4) is 0 Å². The number of benzene rings is 1. The normalized spacial score (nSPS) is 14.2. The molecule has 0 aliphatic carbocycles. The molecule has 0 radical (unpaired) electrons. The van der Waals surface area contributed by atoms with Crippen molar-refractivity contribution < 1.29 is 14.3 Å². The highest BCUT2D eigenvalue weighted by atomic mass is 16.6. The zero-order valence-corrected chi connectivity index (χ0v) is 14.3. The van der Waals surface area contributed by atoms with Gasteiger partial charge in [-0.25, -0.2) is 4.79 Å². The lowest BCUT2D eigenvalue weighted by atomic mass is 10.0. The second-order valence-electron chi connectivity index (χ2n) is 6.87. The summed E-state index contributed by atoms with van der Waals surface area (Å²) < 4.78 is 5.27. The maximum Gasteiger partial charge on any atom is 0.410 e. The summed E-state index contributed by atoms with van der Waals surface area (Å²) in [6, 6.07) is 5.63. The molecule has 0 saturated heterocycles. The topological polar surface area (TPSA) is 75.9 Å². The fourth-order valence-electron chi connectivity index (χ4n) is 2.54. The van der Waals surface area contributed by atoms with Gasteiger partial charge in [0.2, 0.25) is 5.91 Å². The van der Waals surface area contributed by atoms with E-state index < -0.39 is 11.7 Å². The molecule has 1 heterocycles. The summed E-state index contributed by atoms with van der Waals surface area (Å²) in [7, 11) is 1.57. The molecule has 6 heteroatoms. The summed E-state index contributed by atoms with van der Waals surface area (Å²) in [6.07, 6.45) is 1.33. The van der Waals surface area contributed by atoms with Crippen molar-refractivity contribution in [3.05, 3.63) is 23.8 Å². The molecule has 1 aliphatic heterocycles. The van der Waals surface area contributed by atoms with E-state index >= 15 is 0 Å². The van der Waals surface area contributed by atoms with E-state index in [0.29, 0.717) is 12.2 Å². The SMILES string of the molecule is CN(CC(=O)N1CCCc2ccc(N)cc21)C(=O)OC(C)(C)C. The largest absolute Gasteiger partial charge is 0.444 e. The van der Waals surface area contributed by atoms with E-state index in [1.807, 2.05) is 18.2 Å². The number of likely N-dealkylation sites (N-methyl/N-ethyl adjacent to an activating group) is 1. The molecule has 1 aromatic carbocycles. The molecule has 0 fully saturated rings. The van der Waals surface area contributed by atoms with Crippen molar-refractivity contribution in [1.29, 1.82) is 0 Å². The van der Waals surface area contributed by atoms with Crippen molar-refractivity contribution in [2.24, 2.45) is 0 Å². The average Bonchev–Trinajstić information content (AvgIpc) is 2.44. The number of aryl methyl sites for hydroxylation is 1. The predicted molar refractivity (Wildman–Crippen MR) is 90.4 cm³/mol. The first kappa shape index (κ1) is 17.1. The average molecular weight is 319 g/mol. The number of carbonyl (C=O) groups is 2. The van der Waals surface area contributed by atoms with Crippen molar-refractivity contribution in [2.75, 3.05) is 30.8 Å². The van der Waals surface area contributed by atoms with Crippen LogP contribution in [-0.2, 0) is 16.0 Å². The third-order valence-electron chi connectivity index (χ3n) is 3.61. The molecule has 1 aromatic rings. The highest BCUT2D eigenvalue weighted by molar-refractivity contribution is 5.97. The van der Waals surface area contributed by atoms with Crippen molar-refractivity contribution in [3.8, 4) is 0 Å². The van der Waals surface area contributed by atoms with Gasteiger partial charge in [-0.2, -0.15) is 0 Å². The molecule has 1 aliphatic rings. The third-order valence-corrected chi connectivity index (χ3v) is 3.61. The summed E-state index contributed by atoms with van der Waals surface area (Å²) in [5, 5.41) is 0. The third kappa shape index (κ3) is 4.37. The Balaban J connectivity index is 2.07. The Morgan fingerprint density at radius 1 is 1.35 bits per heavy atom. The first-order chi connectivity index (χ1) is 10.7. The Kier molecular flexibility index (Phi) is 4.82. The van der Waals surface area contributed by atoms with Gasteiger partial charge in [0.15, 0.2) is 0 Å². The molecular weight excluding hydrogens is 294 g/mol. The zero-order valence-electron chi connectivity index (χ0n) is 14.3. The van der Waals surface area contributed by atoms with Gasteiger partial charge in [0.1, 0.15) is 12.1 Å². The van der Waals surface area contributed by atoms with Crippen molar-refractivity contribution in [1.82, 2.24) is 4.90 Å². The van der Waals surface area contributed by atoms with Crippen LogP contribution in [0.25, 0.3) is 0 Å². The molecular formula is C17H25N3O3. The number of rotatable bonds is 2. The number of nitrogen functional groups attached to an aromatic ring is 1. The number of anilines is 2. The lowest BCUT2D eigenvalue weighted by molar-refractivity contribution is -0.119. The Morgan fingerprint density at radius 2 is 2.04 bits per heavy atom. The zero-order chi connectivity index (χ0) is 17.2.